The SMILES string of the molecule is CCOc1ccc(C(=O)Oc2ccc(/C=N\NC(=O)c3ccncc3)cc2OC)cc1. The molecule has 2 aromatic carbocycles. The molecule has 3 aromatic rings. The molecule has 8 heteroatoms. The molecule has 3 rings (SSSR count). The first-order chi connectivity index (χ1) is 15.1. The van der Waals surface area contributed by atoms with Gasteiger partial charge < -0.3 is 14.2 Å². The van der Waals surface area contributed by atoms with Crippen molar-refractivity contribution < 1.29 is 23.8 Å². The lowest BCUT2D eigenvalue weighted by Gasteiger charge is -2.10. The van der Waals surface area contributed by atoms with Gasteiger partial charge in [-0.05, 0) is 67.1 Å². The first-order valence-corrected chi connectivity index (χ1v) is 9.47. The van der Waals surface area contributed by atoms with Gasteiger partial charge in [-0.2, -0.15) is 5.10 Å². The number of nitrogens with zero attached hydrogens (tertiary/aromatic N) is 2. The number of rotatable bonds is 8. The van der Waals surface area contributed by atoms with Gasteiger partial charge in [-0.15, -0.1) is 0 Å². The highest BCUT2D eigenvalue weighted by atomic mass is 16.6. The van der Waals surface area contributed by atoms with Crippen molar-refractivity contribution in [3.8, 4) is 17.2 Å². The van der Waals surface area contributed by atoms with Crippen LogP contribution in [-0.2, 0) is 0 Å². The highest BCUT2D eigenvalue weighted by Crippen LogP contribution is 2.28. The van der Waals surface area contributed by atoms with Crippen LogP contribution in [0.2, 0.25) is 0 Å². The number of esters is 1. The van der Waals surface area contributed by atoms with Crippen molar-refractivity contribution in [1.82, 2.24) is 10.4 Å². The predicted octanol–water partition coefficient (Wildman–Crippen LogP) is 3.47. The monoisotopic (exact) mass is 419 g/mol. The minimum atomic E-state index is -0.521. The number of hydrazone groups is 1. The Labute approximate surface area is 179 Å². The van der Waals surface area contributed by atoms with Crippen LogP contribution in [0.15, 0.2) is 72.1 Å². The van der Waals surface area contributed by atoms with Gasteiger partial charge in [0.15, 0.2) is 11.5 Å². The Morgan fingerprint density at radius 2 is 1.74 bits per heavy atom. The number of methoxy groups -OCH3 is 1. The second-order valence-electron chi connectivity index (χ2n) is 6.19. The summed E-state index contributed by atoms with van der Waals surface area (Å²) in [5.74, 6) is 0.415. The number of hydrogen-bond acceptors (Lipinski definition) is 7. The predicted molar refractivity (Wildman–Crippen MR) is 115 cm³/mol. The zero-order chi connectivity index (χ0) is 22.1. The number of hydrogen-bond donors (Lipinski definition) is 1. The van der Waals surface area contributed by atoms with Gasteiger partial charge in [0, 0.05) is 18.0 Å². The van der Waals surface area contributed by atoms with Crippen LogP contribution in [0.5, 0.6) is 17.2 Å². The summed E-state index contributed by atoms with van der Waals surface area (Å²) >= 11 is 0. The number of benzene rings is 2. The fourth-order valence-corrected chi connectivity index (χ4v) is 2.59. The molecule has 0 saturated heterocycles. The van der Waals surface area contributed by atoms with E-state index in [9.17, 15) is 9.59 Å². The molecule has 0 aliphatic heterocycles. The Hall–Kier alpha value is -4.20. The maximum absolute atomic E-state index is 12.4. The minimum Gasteiger partial charge on any atom is -0.494 e. The van der Waals surface area contributed by atoms with E-state index in [0.29, 0.717) is 34.8 Å². The quantitative estimate of drug-likeness (QED) is 0.260. The summed E-state index contributed by atoms with van der Waals surface area (Å²) in [4.78, 5) is 28.3. The van der Waals surface area contributed by atoms with Gasteiger partial charge >= 0.3 is 5.97 Å². The van der Waals surface area contributed by atoms with Crippen molar-refractivity contribution in [3.63, 3.8) is 0 Å². The van der Waals surface area contributed by atoms with Gasteiger partial charge in [0.1, 0.15) is 5.75 Å². The zero-order valence-corrected chi connectivity index (χ0v) is 17.1. The van der Waals surface area contributed by atoms with Gasteiger partial charge in [-0.3, -0.25) is 9.78 Å². The summed E-state index contributed by atoms with van der Waals surface area (Å²) in [5.41, 5.74) is 3.91. The van der Waals surface area contributed by atoms with Crippen molar-refractivity contribution in [1.29, 1.82) is 0 Å². The van der Waals surface area contributed by atoms with Gasteiger partial charge in [0.2, 0.25) is 0 Å². The normalized spacial score (nSPS) is 10.5. The number of nitrogens with one attached hydrogen (secondary N) is 1. The minimum absolute atomic E-state index is 0.263. The molecule has 0 bridgehead atoms. The van der Waals surface area contributed by atoms with Crippen molar-refractivity contribution in [2.45, 2.75) is 6.92 Å². The summed E-state index contributed by atoms with van der Waals surface area (Å²) < 4.78 is 16.1. The van der Waals surface area contributed by atoms with Gasteiger partial charge in [0.05, 0.1) is 25.5 Å². The molecule has 31 heavy (non-hydrogen) atoms. The van der Waals surface area contributed by atoms with Crippen LogP contribution in [0.25, 0.3) is 0 Å². The lowest BCUT2D eigenvalue weighted by molar-refractivity contribution is 0.0729. The van der Waals surface area contributed by atoms with E-state index in [1.54, 1.807) is 54.6 Å². The van der Waals surface area contributed by atoms with Crippen LogP contribution < -0.4 is 19.6 Å². The van der Waals surface area contributed by atoms with E-state index in [2.05, 4.69) is 15.5 Å². The molecule has 0 aliphatic carbocycles. The Kier molecular flexibility index (Phi) is 7.31. The number of amides is 1. The molecule has 0 unspecified atom stereocenters. The van der Waals surface area contributed by atoms with Crippen molar-refractivity contribution in [2.24, 2.45) is 5.10 Å². The lowest BCUT2D eigenvalue weighted by Crippen LogP contribution is -2.17. The van der Waals surface area contributed by atoms with E-state index < -0.39 is 5.97 Å². The maximum atomic E-state index is 12.4. The Balaban J connectivity index is 1.65. The summed E-state index contributed by atoms with van der Waals surface area (Å²) in [6.45, 7) is 2.43. The molecule has 0 radical (unpaired) electrons. The average Bonchev–Trinajstić information content (AvgIpc) is 2.81. The number of ether oxygens (including phenoxy) is 3. The molecule has 0 fully saturated rings. The lowest BCUT2D eigenvalue weighted by atomic mass is 10.2. The molecule has 0 saturated carbocycles. The van der Waals surface area contributed by atoms with E-state index in [4.69, 9.17) is 14.2 Å². The topological polar surface area (TPSA) is 99.1 Å². The third-order valence-electron chi connectivity index (χ3n) is 4.11. The van der Waals surface area contributed by atoms with Gasteiger partial charge in [0.25, 0.3) is 5.91 Å². The van der Waals surface area contributed by atoms with E-state index in [1.165, 1.54) is 25.7 Å². The Morgan fingerprint density at radius 1 is 1.00 bits per heavy atom. The summed E-state index contributed by atoms with van der Waals surface area (Å²) in [5, 5.41) is 3.93. The first kappa shape index (κ1) is 21.5. The molecule has 0 atom stereocenters. The smallest absolute Gasteiger partial charge is 0.343 e. The maximum Gasteiger partial charge on any atom is 0.343 e. The van der Waals surface area contributed by atoms with E-state index in [1.807, 2.05) is 6.92 Å². The molecule has 158 valence electrons. The third kappa shape index (κ3) is 5.89. The van der Waals surface area contributed by atoms with Gasteiger partial charge in [-0.1, -0.05) is 0 Å². The standard InChI is InChI=1S/C23H21N3O5/c1-3-30-19-7-5-18(6-8-19)23(28)31-20-9-4-16(14-21(20)29-2)15-25-26-22(27)17-10-12-24-13-11-17/h4-15H,3H2,1-2H3,(H,26,27)/b25-15-. The molecule has 1 amide bonds. The average molecular weight is 419 g/mol. The molecule has 1 aromatic heterocycles. The molecule has 0 aliphatic rings. The van der Waals surface area contributed by atoms with Crippen LogP contribution in [0.4, 0.5) is 0 Å². The number of pyridine rings is 1. The van der Waals surface area contributed by atoms with Crippen LogP contribution in [-0.4, -0.2) is 36.8 Å². The van der Waals surface area contributed by atoms with Crippen LogP contribution in [0.1, 0.15) is 33.2 Å². The second kappa shape index (κ2) is 10.5. The molecule has 1 heterocycles. The van der Waals surface area contributed by atoms with Crippen LogP contribution in [0, 0.1) is 0 Å². The second-order valence-corrected chi connectivity index (χ2v) is 6.19. The van der Waals surface area contributed by atoms with Crippen molar-refractivity contribution in [2.75, 3.05) is 13.7 Å². The summed E-state index contributed by atoms with van der Waals surface area (Å²) in [7, 11) is 1.47. The zero-order valence-electron chi connectivity index (χ0n) is 17.1. The third-order valence-corrected chi connectivity index (χ3v) is 4.11. The Bertz CT molecular complexity index is 1070. The number of aromatic nitrogens is 1. The van der Waals surface area contributed by atoms with Gasteiger partial charge in [-0.25, -0.2) is 10.2 Å². The number of carbonyl (C=O) groups is 2. The fraction of sp³-hybridized carbons (Fsp3) is 0.130. The summed E-state index contributed by atoms with van der Waals surface area (Å²) in [6.07, 6.45) is 4.51. The van der Waals surface area contributed by atoms with E-state index >= 15 is 0 Å². The highest BCUT2D eigenvalue weighted by Gasteiger charge is 2.13. The van der Waals surface area contributed by atoms with Crippen LogP contribution in [0.3, 0.4) is 0 Å². The molecule has 0 spiro atoms. The van der Waals surface area contributed by atoms with Crippen molar-refractivity contribution in [3.05, 3.63) is 83.7 Å². The van der Waals surface area contributed by atoms with Crippen LogP contribution >= 0.6 is 0 Å². The number of carbonyl (C=O) groups excluding carboxylic acids is 2. The molecule has 1 N–H and O–H groups in total. The van der Waals surface area contributed by atoms with E-state index in [0.717, 1.165) is 0 Å². The summed E-state index contributed by atoms with van der Waals surface area (Å²) in [6, 6.07) is 14.8. The highest BCUT2D eigenvalue weighted by molar-refractivity contribution is 5.95. The van der Waals surface area contributed by atoms with Crippen molar-refractivity contribution >= 4 is 18.1 Å². The Morgan fingerprint density at radius 3 is 2.42 bits per heavy atom. The fourth-order valence-electron chi connectivity index (χ4n) is 2.59. The molecular formula is C23H21N3O5. The van der Waals surface area contributed by atoms with E-state index in [-0.39, 0.29) is 11.7 Å². The first-order valence-electron chi connectivity index (χ1n) is 9.47. The largest absolute Gasteiger partial charge is 0.494 e. The molecular weight excluding hydrogens is 398 g/mol. The molecule has 8 nitrogen and oxygen atoms in total.